The molecule has 4 heteroatoms. The second-order valence-electron chi connectivity index (χ2n) is 3.44. The summed E-state index contributed by atoms with van der Waals surface area (Å²) in [4.78, 5) is 0. The van der Waals surface area contributed by atoms with E-state index in [2.05, 4.69) is 47.8 Å². The molecule has 0 bridgehead atoms. The molecule has 2 rings (SSSR count). The van der Waals surface area contributed by atoms with E-state index in [1.165, 1.54) is 0 Å². The molecule has 0 unspecified atom stereocenters. The lowest BCUT2D eigenvalue weighted by molar-refractivity contribution is 0.478. The van der Waals surface area contributed by atoms with Crippen molar-refractivity contribution in [2.24, 2.45) is 0 Å². The maximum Gasteiger partial charge on any atom is 0.132 e. The average Bonchev–Trinajstić information content (AvgIpc) is 2.32. The first-order valence-corrected chi connectivity index (χ1v) is 7.67. The molecule has 0 radical (unpaired) electrons. The Morgan fingerprint density at radius 3 is 2.18 bits per heavy atom. The highest BCUT2D eigenvalue weighted by Gasteiger charge is 2.05. The first kappa shape index (κ1) is 13.1. The highest BCUT2D eigenvalue weighted by molar-refractivity contribution is 9.10. The smallest absolute Gasteiger partial charge is 0.132 e. The molecule has 0 aliphatic rings. The van der Waals surface area contributed by atoms with Crippen LogP contribution in [0.2, 0.25) is 0 Å². The summed E-state index contributed by atoms with van der Waals surface area (Å²) in [6.07, 6.45) is 0. The van der Waals surface area contributed by atoms with Gasteiger partial charge in [0.1, 0.15) is 11.5 Å². The summed E-state index contributed by atoms with van der Waals surface area (Å²) in [6, 6.07) is 13.8. The SMILES string of the molecule is BrCc1ccc(Br)cc1Oc1ccc(Br)cc1. The zero-order valence-corrected chi connectivity index (χ0v) is 13.5. The van der Waals surface area contributed by atoms with E-state index in [9.17, 15) is 0 Å². The number of alkyl halides is 1. The van der Waals surface area contributed by atoms with Crippen LogP contribution in [0, 0.1) is 0 Å². The first-order valence-electron chi connectivity index (χ1n) is 4.97. The number of benzene rings is 2. The van der Waals surface area contributed by atoms with Gasteiger partial charge in [-0.3, -0.25) is 0 Å². The van der Waals surface area contributed by atoms with Gasteiger partial charge in [0.15, 0.2) is 0 Å². The molecule has 0 amide bonds. The van der Waals surface area contributed by atoms with Crippen LogP contribution < -0.4 is 4.74 Å². The van der Waals surface area contributed by atoms with Gasteiger partial charge in [-0.15, -0.1) is 0 Å². The zero-order chi connectivity index (χ0) is 12.3. The second-order valence-corrected chi connectivity index (χ2v) is 5.83. The minimum Gasteiger partial charge on any atom is -0.457 e. The number of ether oxygens (including phenoxy) is 1. The Labute approximate surface area is 126 Å². The van der Waals surface area contributed by atoms with Crippen molar-refractivity contribution in [3.8, 4) is 11.5 Å². The maximum absolute atomic E-state index is 5.86. The second kappa shape index (κ2) is 6.03. The molecule has 0 aromatic heterocycles. The Kier molecular flexibility index (Phi) is 4.65. The molecule has 0 heterocycles. The van der Waals surface area contributed by atoms with E-state index >= 15 is 0 Å². The highest BCUT2D eigenvalue weighted by Crippen LogP contribution is 2.30. The van der Waals surface area contributed by atoms with Crippen LogP contribution in [0.5, 0.6) is 11.5 Å². The Morgan fingerprint density at radius 1 is 0.882 bits per heavy atom. The summed E-state index contributed by atoms with van der Waals surface area (Å²) in [5, 5.41) is 0.770. The van der Waals surface area contributed by atoms with Gasteiger partial charge in [-0.2, -0.15) is 0 Å². The lowest BCUT2D eigenvalue weighted by atomic mass is 10.2. The van der Waals surface area contributed by atoms with Crippen LogP contribution in [-0.2, 0) is 5.33 Å². The third-order valence-electron chi connectivity index (χ3n) is 2.21. The standard InChI is InChI=1S/C13H9Br3O/c14-8-9-1-2-11(16)7-13(9)17-12-5-3-10(15)4-6-12/h1-7H,8H2. The van der Waals surface area contributed by atoms with Crippen molar-refractivity contribution in [3.05, 3.63) is 57.0 Å². The van der Waals surface area contributed by atoms with Crippen molar-refractivity contribution < 1.29 is 4.74 Å². The van der Waals surface area contributed by atoms with Gasteiger partial charge >= 0.3 is 0 Å². The van der Waals surface area contributed by atoms with Crippen molar-refractivity contribution >= 4 is 47.8 Å². The van der Waals surface area contributed by atoms with E-state index in [4.69, 9.17) is 4.74 Å². The lowest BCUT2D eigenvalue weighted by Gasteiger charge is -2.10. The molecule has 0 fully saturated rings. The molecular weight excluding hydrogens is 412 g/mol. The fourth-order valence-electron chi connectivity index (χ4n) is 1.36. The van der Waals surface area contributed by atoms with Gasteiger partial charge in [0, 0.05) is 19.8 Å². The van der Waals surface area contributed by atoms with Gasteiger partial charge in [-0.1, -0.05) is 53.9 Å². The molecule has 0 N–H and O–H groups in total. The van der Waals surface area contributed by atoms with Crippen molar-refractivity contribution in [2.75, 3.05) is 0 Å². The van der Waals surface area contributed by atoms with Crippen molar-refractivity contribution in [3.63, 3.8) is 0 Å². The van der Waals surface area contributed by atoms with Crippen LogP contribution in [0.4, 0.5) is 0 Å². The number of rotatable bonds is 3. The van der Waals surface area contributed by atoms with Gasteiger partial charge in [0.25, 0.3) is 0 Å². The van der Waals surface area contributed by atoms with Gasteiger partial charge in [-0.25, -0.2) is 0 Å². The summed E-state index contributed by atoms with van der Waals surface area (Å²) in [5.74, 6) is 1.69. The van der Waals surface area contributed by atoms with Crippen LogP contribution in [-0.4, -0.2) is 0 Å². The maximum atomic E-state index is 5.86. The normalized spacial score (nSPS) is 10.3. The summed E-state index contributed by atoms with van der Waals surface area (Å²) in [6.45, 7) is 0. The van der Waals surface area contributed by atoms with Crippen molar-refractivity contribution in [1.82, 2.24) is 0 Å². The van der Waals surface area contributed by atoms with E-state index in [0.29, 0.717) is 0 Å². The largest absolute Gasteiger partial charge is 0.457 e. The summed E-state index contributed by atoms with van der Waals surface area (Å²) >= 11 is 10.3. The van der Waals surface area contributed by atoms with E-state index < -0.39 is 0 Å². The molecule has 2 aromatic carbocycles. The number of halogens is 3. The molecule has 88 valence electrons. The summed E-state index contributed by atoms with van der Waals surface area (Å²) in [7, 11) is 0. The predicted octanol–water partition coefficient (Wildman–Crippen LogP) is 5.90. The minimum atomic E-state index is 0.770. The molecule has 0 spiro atoms. The molecule has 0 atom stereocenters. The average molecular weight is 421 g/mol. The third kappa shape index (κ3) is 3.57. The van der Waals surface area contributed by atoms with Crippen LogP contribution in [0.25, 0.3) is 0 Å². The van der Waals surface area contributed by atoms with Gasteiger partial charge < -0.3 is 4.74 Å². The Morgan fingerprint density at radius 2 is 1.53 bits per heavy atom. The molecule has 17 heavy (non-hydrogen) atoms. The monoisotopic (exact) mass is 418 g/mol. The van der Waals surface area contributed by atoms with Crippen molar-refractivity contribution in [1.29, 1.82) is 0 Å². The molecule has 1 nitrogen and oxygen atoms in total. The molecule has 0 saturated heterocycles. The van der Waals surface area contributed by atoms with Crippen LogP contribution in [0.3, 0.4) is 0 Å². The topological polar surface area (TPSA) is 9.23 Å². The fourth-order valence-corrected chi connectivity index (χ4v) is 2.43. The van der Waals surface area contributed by atoms with Gasteiger partial charge in [0.2, 0.25) is 0 Å². The lowest BCUT2D eigenvalue weighted by Crippen LogP contribution is -1.89. The Balaban J connectivity index is 2.28. The van der Waals surface area contributed by atoms with Crippen molar-refractivity contribution in [2.45, 2.75) is 5.33 Å². The van der Waals surface area contributed by atoms with Crippen LogP contribution >= 0.6 is 47.8 Å². The van der Waals surface area contributed by atoms with E-state index in [1.807, 2.05) is 42.5 Å². The summed E-state index contributed by atoms with van der Waals surface area (Å²) in [5.41, 5.74) is 1.12. The third-order valence-corrected chi connectivity index (χ3v) is 3.84. The van der Waals surface area contributed by atoms with Crippen LogP contribution in [0.1, 0.15) is 5.56 Å². The zero-order valence-electron chi connectivity index (χ0n) is 8.79. The molecule has 0 saturated carbocycles. The minimum absolute atomic E-state index is 0.770. The fraction of sp³-hybridized carbons (Fsp3) is 0.0769. The number of hydrogen-bond acceptors (Lipinski definition) is 1. The predicted molar refractivity (Wildman–Crippen MR) is 81.0 cm³/mol. The summed E-state index contributed by atoms with van der Waals surface area (Å²) < 4.78 is 7.91. The van der Waals surface area contributed by atoms with Gasteiger partial charge in [-0.05, 0) is 36.4 Å². The van der Waals surface area contributed by atoms with Gasteiger partial charge in [0.05, 0.1) is 0 Å². The first-order chi connectivity index (χ1) is 8.19. The molecular formula is C13H9Br3O. The molecule has 0 aliphatic carbocycles. The Bertz CT molecular complexity index is 509. The quantitative estimate of drug-likeness (QED) is 0.562. The van der Waals surface area contributed by atoms with E-state index in [-0.39, 0.29) is 0 Å². The highest BCUT2D eigenvalue weighted by atomic mass is 79.9. The van der Waals surface area contributed by atoms with Crippen LogP contribution in [0.15, 0.2) is 51.4 Å². The molecule has 2 aromatic rings. The van der Waals surface area contributed by atoms with E-state index in [0.717, 1.165) is 31.3 Å². The number of hydrogen-bond donors (Lipinski definition) is 0. The Hall–Kier alpha value is -0.320. The molecule has 0 aliphatic heterocycles. The van der Waals surface area contributed by atoms with E-state index in [1.54, 1.807) is 0 Å².